The fraction of sp³-hybridized carbons (Fsp3) is 0.393. The molecule has 0 unspecified atom stereocenters. The Morgan fingerprint density at radius 1 is 1.17 bits per heavy atom. The van der Waals surface area contributed by atoms with Crippen molar-refractivity contribution in [3.8, 4) is 0 Å². The Bertz CT molecular complexity index is 1240. The van der Waals surface area contributed by atoms with Crippen LogP contribution in [0.1, 0.15) is 72.9 Å². The molecule has 2 N–H and O–H groups in total. The van der Waals surface area contributed by atoms with Gasteiger partial charge in [-0.3, -0.25) is 9.78 Å². The van der Waals surface area contributed by atoms with Crippen LogP contribution in [0, 0.1) is 19.7 Å². The molecule has 2 aromatic heterocycles. The molecule has 0 spiro atoms. The van der Waals surface area contributed by atoms with Gasteiger partial charge in [0.15, 0.2) is 5.11 Å². The van der Waals surface area contributed by atoms with E-state index >= 15 is 0 Å². The number of carbonyl (C=O) groups is 1. The van der Waals surface area contributed by atoms with E-state index in [0.717, 1.165) is 5.69 Å². The summed E-state index contributed by atoms with van der Waals surface area (Å²) >= 11 is 5.79. The molecule has 5 rings (SSSR count). The Kier molecular flexibility index (Phi) is 7.05. The van der Waals surface area contributed by atoms with Crippen LogP contribution in [0.5, 0.6) is 0 Å². The third-order valence-electron chi connectivity index (χ3n) is 7.44. The van der Waals surface area contributed by atoms with Crippen molar-refractivity contribution in [3.05, 3.63) is 83.2 Å². The lowest BCUT2D eigenvalue weighted by molar-refractivity contribution is -0.116. The Balaban J connectivity index is 1.42. The molecule has 0 bridgehead atoms. The van der Waals surface area contributed by atoms with Gasteiger partial charge in [0.1, 0.15) is 5.82 Å². The number of thiocarbonyl (C=S) groups is 1. The lowest BCUT2D eigenvalue weighted by Gasteiger charge is -2.28. The predicted molar refractivity (Wildman–Crippen MR) is 143 cm³/mol. The second-order valence-electron chi connectivity index (χ2n) is 9.76. The van der Waals surface area contributed by atoms with Crippen molar-refractivity contribution in [1.82, 2.24) is 19.8 Å². The number of anilines is 1. The van der Waals surface area contributed by atoms with E-state index < -0.39 is 0 Å². The largest absolute Gasteiger partial charge is 0.352 e. The average Bonchev–Trinajstić information content (AvgIpc) is 3.58. The third-order valence-corrected chi connectivity index (χ3v) is 7.79. The van der Waals surface area contributed by atoms with Crippen LogP contribution in [0.3, 0.4) is 0 Å². The minimum Gasteiger partial charge on any atom is -0.352 e. The highest BCUT2D eigenvalue weighted by Crippen LogP contribution is 2.43. The number of hydrogen-bond donors (Lipinski definition) is 2. The molecule has 1 aliphatic carbocycles. The monoisotopic (exact) mass is 505 g/mol. The van der Waals surface area contributed by atoms with E-state index in [9.17, 15) is 9.18 Å². The number of nitrogens with one attached hydrogen (secondary N) is 2. The molecular weight excluding hydrogens is 473 g/mol. The van der Waals surface area contributed by atoms with Crippen LogP contribution >= 0.6 is 12.2 Å². The van der Waals surface area contributed by atoms with Gasteiger partial charge in [-0.25, -0.2) is 4.39 Å². The van der Waals surface area contributed by atoms with Gasteiger partial charge in [-0.15, -0.1) is 0 Å². The highest BCUT2D eigenvalue weighted by molar-refractivity contribution is 7.80. The van der Waals surface area contributed by atoms with Gasteiger partial charge in [0.2, 0.25) is 5.91 Å². The Hall–Kier alpha value is -3.26. The summed E-state index contributed by atoms with van der Waals surface area (Å²) in [7, 11) is 0. The number of aryl methyl sites for hydroxylation is 1. The number of amides is 1. The number of carbonyl (C=O) groups excluding carboxylic acids is 1. The first kappa shape index (κ1) is 24.4. The normalized spacial score (nSPS) is 20.1. The van der Waals surface area contributed by atoms with Crippen molar-refractivity contribution in [2.45, 2.75) is 64.1 Å². The number of pyridine rings is 1. The molecule has 6 nitrogen and oxygen atoms in total. The highest BCUT2D eigenvalue weighted by Gasteiger charge is 2.41. The smallest absolute Gasteiger partial charge is 0.226 e. The number of nitrogens with zero attached hydrogens (tertiary/aromatic N) is 3. The fourth-order valence-corrected chi connectivity index (χ4v) is 6.12. The van der Waals surface area contributed by atoms with E-state index in [0.29, 0.717) is 23.4 Å². The molecule has 1 saturated carbocycles. The number of rotatable bonds is 7. The molecule has 8 heteroatoms. The maximum Gasteiger partial charge on any atom is 0.226 e. The van der Waals surface area contributed by atoms with Gasteiger partial charge in [0.05, 0.1) is 17.8 Å². The van der Waals surface area contributed by atoms with Gasteiger partial charge in [-0.2, -0.15) is 0 Å². The summed E-state index contributed by atoms with van der Waals surface area (Å²) in [6.45, 7) is 4.85. The number of benzene rings is 1. The molecule has 36 heavy (non-hydrogen) atoms. The maximum atomic E-state index is 13.2. The van der Waals surface area contributed by atoms with E-state index in [1.807, 2.05) is 18.2 Å². The van der Waals surface area contributed by atoms with E-state index in [2.05, 4.69) is 45.0 Å². The number of aromatic nitrogens is 2. The van der Waals surface area contributed by atoms with Gasteiger partial charge >= 0.3 is 0 Å². The molecule has 1 aromatic carbocycles. The summed E-state index contributed by atoms with van der Waals surface area (Å²) in [5.74, 6) is -0.471. The van der Waals surface area contributed by atoms with Gasteiger partial charge in [0, 0.05) is 42.3 Å². The van der Waals surface area contributed by atoms with E-state index in [1.165, 1.54) is 54.8 Å². The first-order chi connectivity index (χ1) is 17.4. The molecule has 2 aliphatic rings. The van der Waals surface area contributed by atoms with Crippen molar-refractivity contribution in [2.75, 3.05) is 11.9 Å². The summed E-state index contributed by atoms with van der Waals surface area (Å²) in [5, 5.41) is 6.96. The molecular formula is C28H32FN5OS. The minimum absolute atomic E-state index is 0.0765. The summed E-state index contributed by atoms with van der Waals surface area (Å²) < 4.78 is 15.7. The van der Waals surface area contributed by atoms with Crippen LogP contribution in [0.15, 0.2) is 54.7 Å². The van der Waals surface area contributed by atoms with E-state index in [-0.39, 0.29) is 30.2 Å². The zero-order valence-electron chi connectivity index (χ0n) is 20.7. The quantitative estimate of drug-likeness (QED) is 0.400. The first-order valence-corrected chi connectivity index (χ1v) is 13.0. The minimum atomic E-state index is -0.333. The van der Waals surface area contributed by atoms with Crippen LogP contribution in [0.4, 0.5) is 10.1 Å². The highest BCUT2D eigenvalue weighted by atomic mass is 32.1. The Morgan fingerprint density at radius 3 is 2.61 bits per heavy atom. The lowest BCUT2D eigenvalue weighted by Crippen LogP contribution is -2.33. The third kappa shape index (κ3) is 4.87. The van der Waals surface area contributed by atoms with Crippen molar-refractivity contribution in [1.29, 1.82) is 0 Å². The van der Waals surface area contributed by atoms with E-state index in [1.54, 1.807) is 18.3 Å². The van der Waals surface area contributed by atoms with Crippen LogP contribution in [-0.2, 0) is 4.79 Å². The van der Waals surface area contributed by atoms with Crippen molar-refractivity contribution < 1.29 is 9.18 Å². The van der Waals surface area contributed by atoms with Crippen LogP contribution in [0.2, 0.25) is 0 Å². The van der Waals surface area contributed by atoms with Gasteiger partial charge < -0.3 is 20.1 Å². The second-order valence-corrected chi connectivity index (χ2v) is 10.1. The standard InChI is InChI=1S/C28H32FN5OS/c1-18-17-23(19(2)34(18)22-7-3-4-8-22)27-26(24-9-5-6-15-30-24)32-28(36)33(27)16-14-25(35)31-21-12-10-20(29)11-13-21/h5-6,9-13,15,17,22,26-27H,3-4,7-8,14,16H2,1-2H3,(H,31,35)(H,32,36)/t26-,27-/m1/s1. The second kappa shape index (κ2) is 10.4. The molecule has 1 aliphatic heterocycles. The average molecular weight is 506 g/mol. The Labute approximate surface area is 216 Å². The molecule has 2 fully saturated rings. The van der Waals surface area contributed by atoms with Crippen LogP contribution in [0.25, 0.3) is 0 Å². The molecule has 3 aromatic rings. The van der Waals surface area contributed by atoms with Crippen molar-refractivity contribution in [2.24, 2.45) is 0 Å². The van der Waals surface area contributed by atoms with Crippen LogP contribution in [-0.4, -0.2) is 32.0 Å². The van der Waals surface area contributed by atoms with E-state index in [4.69, 9.17) is 12.2 Å². The topological polar surface area (TPSA) is 62.2 Å². The van der Waals surface area contributed by atoms with Gasteiger partial charge in [-0.05, 0) is 86.9 Å². The Morgan fingerprint density at radius 2 is 1.92 bits per heavy atom. The molecule has 2 atom stereocenters. The molecule has 3 heterocycles. The fourth-order valence-electron chi connectivity index (χ4n) is 5.79. The predicted octanol–water partition coefficient (Wildman–Crippen LogP) is 5.76. The van der Waals surface area contributed by atoms with Gasteiger partial charge in [-0.1, -0.05) is 18.9 Å². The zero-order chi connectivity index (χ0) is 25.2. The SMILES string of the molecule is Cc1cc([C@@H]2[C@@H](c3ccccn3)NC(=S)N2CCC(=O)Nc2ccc(F)cc2)c(C)n1C1CCCC1. The molecule has 0 radical (unpaired) electrons. The summed E-state index contributed by atoms with van der Waals surface area (Å²) in [5.41, 5.74) is 5.25. The zero-order valence-corrected chi connectivity index (χ0v) is 21.5. The number of halogens is 1. The number of hydrogen-bond acceptors (Lipinski definition) is 3. The summed E-state index contributed by atoms with van der Waals surface area (Å²) in [6.07, 6.45) is 7.04. The summed E-state index contributed by atoms with van der Waals surface area (Å²) in [4.78, 5) is 19.5. The first-order valence-electron chi connectivity index (χ1n) is 12.6. The van der Waals surface area contributed by atoms with Gasteiger partial charge in [0.25, 0.3) is 0 Å². The van der Waals surface area contributed by atoms with Crippen molar-refractivity contribution in [3.63, 3.8) is 0 Å². The molecule has 1 saturated heterocycles. The summed E-state index contributed by atoms with van der Waals surface area (Å²) in [6, 6.07) is 14.4. The van der Waals surface area contributed by atoms with Crippen molar-refractivity contribution >= 4 is 28.9 Å². The molecule has 1 amide bonds. The molecule has 188 valence electrons. The lowest BCUT2D eigenvalue weighted by atomic mass is 9.96. The van der Waals surface area contributed by atoms with Crippen LogP contribution < -0.4 is 10.6 Å². The maximum absolute atomic E-state index is 13.2.